The molecule has 1 unspecified atom stereocenters. The van der Waals surface area contributed by atoms with Gasteiger partial charge in [0, 0.05) is 24.2 Å². The van der Waals surface area contributed by atoms with Crippen molar-refractivity contribution in [3.63, 3.8) is 0 Å². The van der Waals surface area contributed by atoms with E-state index in [1.807, 2.05) is 5.32 Å². The fourth-order valence-electron chi connectivity index (χ4n) is 3.31. The molecule has 0 aromatic heterocycles. The highest BCUT2D eigenvalue weighted by Crippen LogP contribution is 2.42. The van der Waals surface area contributed by atoms with Gasteiger partial charge < -0.3 is 24.8 Å². The van der Waals surface area contributed by atoms with Crippen molar-refractivity contribution >= 4 is 23.5 Å². The van der Waals surface area contributed by atoms with Gasteiger partial charge in [-0.25, -0.2) is 9.59 Å². The number of hydrogen-bond donors (Lipinski definition) is 2. The average molecular weight is 456 g/mol. The molecule has 0 saturated carbocycles. The number of carbonyl (C=O) groups excluding carboxylic acids is 3. The molecule has 2 rings (SSSR count). The number of esters is 2. The van der Waals surface area contributed by atoms with Crippen molar-refractivity contribution in [1.29, 1.82) is 0 Å². The summed E-state index contributed by atoms with van der Waals surface area (Å²) in [4.78, 5) is 37.1. The molecule has 0 saturated heterocycles. The Hall–Kier alpha value is -3.34. The van der Waals surface area contributed by atoms with Gasteiger partial charge >= 0.3 is 24.0 Å². The van der Waals surface area contributed by atoms with Crippen LogP contribution in [0.15, 0.2) is 46.8 Å². The fraction of sp³-hybridized carbons (Fsp3) is 0.381. The number of rotatable bonds is 7. The molecular formula is C21H23F3N2O6. The van der Waals surface area contributed by atoms with Crippen LogP contribution >= 0.6 is 0 Å². The molecular weight excluding hydrogens is 433 g/mol. The van der Waals surface area contributed by atoms with Crippen LogP contribution in [-0.4, -0.2) is 51.5 Å². The minimum atomic E-state index is -5.13. The maximum absolute atomic E-state index is 12.9. The second-order valence-corrected chi connectivity index (χ2v) is 6.79. The molecule has 32 heavy (non-hydrogen) atoms. The number of amides is 1. The molecule has 1 aromatic carbocycles. The van der Waals surface area contributed by atoms with E-state index >= 15 is 0 Å². The largest absolute Gasteiger partial charge is 0.471 e. The van der Waals surface area contributed by atoms with Crippen molar-refractivity contribution in [3.05, 3.63) is 52.4 Å². The highest BCUT2D eigenvalue weighted by molar-refractivity contribution is 6.01. The Bertz CT molecular complexity index is 969. The number of alkyl halides is 3. The number of para-hydroxylation sites is 1. The summed E-state index contributed by atoms with van der Waals surface area (Å²) in [6.45, 7) is 3.16. The Balaban J connectivity index is 2.65. The molecule has 1 aliphatic rings. The van der Waals surface area contributed by atoms with Crippen molar-refractivity contribution in [3.8, 4) is 0 Å². The van der Waals surface area contributed by atoms with Crippen LogP contribution in [0.4, 0.5) is 18.9 Å². The molecule has 1 aromatic rings. The number of dihydropyridines is 1. The fourth-order valence-corrected chi connectivity index (χ4v) is 3.31. The summed E-state index contributed by atoms with van der Waals surface area (Å²) in [6, 6.07) is 5.58. The standard InChI is InChI=1S/C21H23F3N2O6/c1-11-15(18(27)31-4)17(16(12(2)25-11)19(28)32-10-9-30-3)13-7-5-6-8-14(13)26-20(29)21(22,23)24/h5-8,17,25H,9-10H2,1-4H3,(H,26,29). The SMILES string of the molecule is COCCOC(=O)C1=C(C)NC(C)=C(C(=O)OC)C1c1ccccc1NC(=O)C(F)(F)F. The summed E-state index contributed by atoms with van der Waals surface area (Å²) in [5, 5.41) is 4.72. The Kier molecular flexibility index (Phi) is 8.03. The number of allylic oxidation sites excluding steroid dienone is 2. The number of ether oxygens (including phenoxy) is 3. The smallest absolute Gasteiger partial charge is 0.466 e. The van der Waals surface area contributed by atoms with Crippen LogP contribution in [0.25, 0.3) is 0 Å². The van der Waals surface area contributed by atoms with Crippen LogP contribution < -0.4 is 10.6 Å². The topological polar surface area (TPSA) is 103 Å². The third-order valence-electron chi connectivity index (χ3n) is 4.68. The van der Waals surface area contributed by atoms with E-state index < -0.39 is 29.9 Å². The number of halogens is 3. The van der Waals surface area contributed by atoms with Crippen molar-refractivity contribution < 1.29 is 41.8 Å². The van der Waals surface area contributed by atoms with Crippen molar-refractivity contribution in [1.82, 2.24) is 5.32 Å². The van der Waals surface area contributed by atoms with Gasteiger partial charge in [-0.1, -0.05) is 18.2 Å². The van der Waals surface area contributed by atoms with Gasteiger partial charge in [0.05, 0.1) is 30.8 Å². The van der Waals surface area contributed by atoms with E-state index in [0.29, 0.717) is 11.4 Å². The molecule has 0 radical (unpaired) electrons. The molecule has 2 N–H and O–H groups in total. The van der Waals surface area contributed by atoms with E-state index in [0.717, 1.165) is 7.11 Å². The van der Waals surface area contributed by atoms with Gasteiger partial charge in [-0.05, 0) is 25.5 Å². The van der Waals surface area contributed by atoms with Crippen molar-refractivity contribution in [2.24, 2.45) is 0 Å². The molecule has 0 fully saturated rings. The lowest BCUT2D eigenvalue weighted by Gasteiger charge is -2.31. The third-order valence-corrected chi connectivity index (χ3v) is 4.68. The van der Waals surface area contributed by atoms with Crippen molar-refractivity contribution in [2.75, 3.05) is 32.8 Å². The lowest BCUT2D eigenvalue weighted by molar-refractivity contribution is -0.167. The quantitative estimate of drug-likeness (QED) is 0.480. The van der Waals surface area contributed by atoms with E-state index in [1.165, 1.54) is 31.4 Å². The lowest BCUT2D eigenvalue weighted by atomic mass is 9.79. The van der Waals surface area contributed by atoms with Gasteiger partial charge in [-0.15, -0.1) is 0 Å². The zero-order valence-electron chi connectivity index (χ0n) is 17.9. The number of methoxy groups -OCH3 is 2. The molecule has 0 bridgehead atoms. The van der Waals surface area contributed by atoms with Gasteiger partial charge in [0.2, 0.25) is 0 Å². The molecule has 1 atom stereocenters. The Labute approximate surface area is 182 Å². The third kappa shape index (κ3) is 5.47. The van der Waals surface area contributed by atoms with Gasteiger partial charge in [0.1, 0.15) is 6.61 Å². The average Bonchev–Trinajstić information content (AvgIpc) is 2.72. The van der Waals surface area contributed by atoms with Crippen molar-refractivity contribution in [2.45, 2.75) is 25.9 Å². The second kappa shape index (κ2) is 10.3. The summed E-state index contributed by atoms with van der Waals surface area (Å²) < 4.78 is 53.5. The predicted octanol–water partition coefficient (Wildman–Crippen LogP) is 2.78. The van der Waals surface area contributed by atoms with Crippen LogP contribution in [-0.2, 0) is 28.6 Å². The first kappa shape index (κ1) is 24.9. The van der Waals surface area contributed by atoms with Crippen LogP contribution in [0.2, 0.25) is 0 Å². The first-order chi connectivity index (χ1) is 15.0. The van der Waals surface area contributed by atoms with E-state index in [9.17, 15) is 27.6 Å². The molecule has 1 amide bonds. The number of anilines is 1. The predicted molar refractivity (Wildman–Crippen MR) is 107 cm³/mol. The van der Waals surface area contributed by atoms with Gasteiger partial charge in [0.15, 0.2) is 0 Å². The summed E-state index contributed by atoms with van der Waals surface area (Å²) in [6.07, 6.45) is -5.13. The van der Waals surface area contributed by atoms with E-state index in [2.05, 4.69) is 5.32 Å². The van der Waals surface area contributed by atoms with E-state index in [1.54, 1.807) is 13.8 Å². The zero-order chi connectivity index (χ0) is 24.1. The monoisotopic (exact) mass is 456 g/mol. The van der Waals surface area contributed by atoms with E-state index in [4.69, 9.17) is 14.2 Å². The lowest BCUT2D eigenvalue weighted by Crippen LogP contribution is -2.34. The minimum absolute atomic E-state index is 0.00880. The molecule has 1 heterocycles. The highest BCUT2D eigenvalue weighted by atomic mass is 19.4. The zero-order valence-corrected chi connectivity index (χ0v) is 17.9. The summed E-state index contributed by atoms with van der Waals surface area (Å²) in [7, 11) is 2.56. The number of nitrogens with one attached hydrogen (secondary N) is 2. The van der Waals surface area contributed by atoms with Gasteiger partial charge in [-0.2, -0.15) is 13.2 Å². The molecule has 11 heteroatoms. The van der Waals surface area contributed by atoms with Crippen LogP contribution in [0.5, 0.6) is 0 Å². The molecule has 1 aliphatic heterocycles. The molecule has 0 aliphatic carbocycles. The number of carbonyl (C=O) groups is 3. The van der Waals surface area contributed by atoms with Gasteiger partial charge in [-0.3, -0.25) is 4.79 Å². The Morgan fingerprint density at radius 1 is 1.00 bits per heavy atom. The minimum Gasteiger partial charge on any atom is -0.466 e. The summed E-state index contributed by atoms with van der Waals surface area (Å²) in [5.41, 5.74) is 0.519. The van der Waals surface area contributed by atoms with Crippen LogP contribution in [0.1, 0.15) is 25.3 Å². The maximum atomic E-state index is 12.9. The number of benzene rings is 1. The number of hydrogen-bond acceptors (Lipinski definition) is 7. The summed E-state index contributed by atoms with van der Waals surface area (Å²) >= 11 is 0. The van der Waals surface area contributed by atoms with E-state index in [-0.39, 0.29) is 35.6 Å². The molecule has 8 nitrogen and oxygen atoms in total. The summed E-state index contributed by atoms with van der Waals surface area (Å²) in [5.74, 6) is -4.96. The van der Waals surface area contributed by atoms with Gasteiger partial charge in [0.25, 0.3) is 0 Å². The first-order valence-corrected chi connectivity index (χ1v) is 9.42. The highest BCUT2D eigenvalue weighted by Gasteiger charge is 2.42. The van der Waals surface area contributed by atoms with Crippen LogP contribution in [0.3, 0.4) is 0 Å². The molecule has 0 spiro atoms. The Morgan fingerprint density at radius 3 is 2.16 bits per heavy atom. The normalized spacial score (nSPS) is 16.4. The Morgan fingerprint density at radius 2 is 1.59 bits per heavy atom. The second-order valence-electron chi connectivity index (χ2n) is 6.79. The molecule has 174 valence electrons. The maximum Gasteiger partial charge on any atom is 0.471 e. The van der Waals surface area contributed by atoms with Crippen LogP contribution in [0, 0.1) is 0 Å². The first-order valence-electron chi connectivity index (χ1n) is 9.42.